The Morgan fingerprint density at radius 3 is 2.73 bits per heavy atom. The van der Waals surface area contributed by atoms with Gasteiger partial charge in [0.1, 0.15) is 0 Å². The van der Waals surface area contributed by atoms with E-state index in [1.165, 1.54) is 41.0 Å². The van der Waals surface area contributed by atoms with Crippen molar-refractivity contribution in [1.82, 2.24) is 4.98 Å². The van der Waals surface area contributed by atoms with Crippen molar-refractivity contribution < 1.29 is 0 Å². The lowest BCUT2D eigenvalue weighted by Crippen LogP contribution is -2.33. The molecule has 22 heavy (non-hydrogen) atoms. The van der Waals surface area contributed by atoms with Crippen LogP contribution in [0.4, 0.5) is 0 Å². The highest BCUT2D eigenvalue weighted by Crippen LogP contribution is 2.63. The molecule has 2 bridgehead atoms. The lowest BCUT2D eigenvalue weighted by atomic mass is 9.75. The zero-order valence-corrected chi connectivity index (χ0v) is 14.3. The molecule has 5 atom stereocenters. The molecule has 2 aliphatic carbocycles. The maximum Gasteiger partial charge on any atom is 0.305 e. The fraction of sp³-hybridized carbons (Fsp3) is 0.471. The highest BCUT2D eigenvalue weighted by Gasteiger charge is 2.54. The molecule has 1 aromatic heterocycles. The summed E-state index contributed by atoms with van der Waals surface area (Å²) in [6.07, 6.45) is 4.12. The summed E-state index contributed by atoms with van der Waals surface area (Å²) in [5.74, 6) is 2.72. The molecular formula is C17H16ClNOS2. The van der Waals surface area contributed by atoms with Crippen molar-refractivity contribution in [3.05, 3.63) is 49.4 Å². The Labute approximate surface area is 142 Å². The van der Waals surface area contributed by atoms with E-state index >= 15 is 0 Å². The quantitative estimate of drug-likeness (QED) is 0.806. The smallest absolute Gasteiger partial charge is 0.305 e. The van der Waals surface area contributed by atoms with Gasteiger partial charge in [-0.2, -0.15) is 0 Å². The molecule has 114 valence electrons. The van der Waals surface area contributed by atoms with Crippen molar-refractivity contribution >= 4 is 34.7 Å². The Bertz CT molecular complexity index is 781. The van der Waals surface area contributed by atoms with Crippen molar-refractivity contribution in [3.8, 4) is 0 Å². The monoisotopic (exact) mass is 349 g/mol. The number of thioether (sulfide) groups is 1. The summed E-state index contributed by atoms with van der Waals surface area (Å²) >= 11 is 9.42. The second-order valence-corrected chi connectivity index (χ2v) is 9.37. The van der Waals surface area contributed by atoms with Gasteiger partial charge in [0.2, 0.25) is 0 Å². The summed E-state index contributed by atoms with van der Waals surface area (Å²) < 4.78 is 0. The van der Waals surface area contributed by atoms with E-state index in [9.17, 15) is 4.79 Å². The van der Waals surface area contributed by atoms with Crippen molar-refractivity contribution in [2.24, 2.45) is 17.8 Å². The Morgan fingerprint density at radius 2 is 1.91 bits per heavy atom. The number of thiazole rings is 1. The molecule has 1 aliphatic heterocycles. The summed E-state index contributed by atoms with van der Waals surface area (Å²) in [6.45, 7) is 0. The van der Waals surface area contributed by atoms with Gasteiger partial charge >= 0.3 is 4.87 Å². The standard InChI is InChI=1S/C17H16ClNOS2/c18-11-5-3-8(4-6-11)12-13-9-1-2-10(7-9)14(13)21-16-15(12)22-17(20)19-16/h3-6,9-10,12-14H,1-2,7H2,(H,19,20). The van der Waals surface area contributed by atoms with Gasteiger partial charge in [-0.05, 0) is 54.7 Å². The number of fused-ring (bicyclic) bond motifs is 6. The van der Waals surface area contributed by atoms with Crippen LogP contribution in [0, 0.1) is 17.8 Å². The minimum atomic E-state index is 0.0868. The van der Waals surface area contributed by atoms with E-state index in [0.29, 0.717) is 17.1 Å². The average Bonchev–Trinajstić information content (AvgIpc) is 3.19. The maximum atomic E-state index is 11.9. The Kier molecular flexibility index (Phi) is 3.05. The van der Waals surface area contributed by atoms with Crippen LogP contribution in [0.2, 0.25) is 5.02 Å². The largest absolute Gasteiger partial charge is 0.307 e. The second kappa shape index (κ2) is 4.89. The first-order valence-electron chi connectivity index (χ1n) is 7.86. The van der Waals surface area contributed by atoms with Crippen LogP contribution in [0.3, 0.4) is 0 Å². The fourth-order valence-corrected chi connectivity index (χ4v) is 7.91. The van der Waals surface area contributed by atoms with Crippen LogP contribution < -0.4 is 4.87 Å². The number of halogens is 1. The van der Waals surface area contributed by atoms with Gasteiger partial charge in [-0.1, -0.05) is 35.1 Å². The lowest BCUT2D eigenvalue weighted by Gasteiger charge is -2.40. The van der Waals surface area contributed by atoms with Gasteiger partial charge in [0.25, 0.3) is 0 Å². The fourth-order valence-electron chi connectivity index (χ4n) is 4.89. The van der Waals surface area contributed by atoms with E-state index in [1.807, 2.05) is 23.9 Å². The predicted molar refractivity (Wildman–Crippen MR) is 92.2 cm³/mol. The van der Waals surface area contributed by atoms with Gasteiger partial charge in [0.05, 0.1) is 5.03 Å². The molecule has 2 heterocycles. The number of hydrogen-bond donors (Lipinski definition) is 1. The predicted octanol–water partition coefficient (Wildman–Crippen LogP) is 4.74. The third-order valence-electron chi connectivity index (χ3n) is 5.69. The second-order valence-electron chi connectivity index (χ2n) is 6.73. The van der Waals surface area contributed by atoms with Crippen molar-refractivity contribution in [1.29, 1.82) is 0 Å². The van der Waals surface area contributed by atoms with Crippen molar-refractivity contribution in [2.45, 2.75) is 35.5 Å². The molecule has 0 amide bonds. The maximum absolute atomic E-state index is 11.9. The molecule has 3 aliphatic rings. The van der Waals surface area contributed by atoms with E-state index in [4.69, 9.17) is 11.6 Å². The highest BCUT2D eigenvalue weighted by atomic mass is 35.5. The first-order valence-corrected chi connectivity index (χ1v) is 9.93. The number of aromatic amines is 1. The minimum absolute atomic E-state index is 0.0868. The van der Waals surface area contributed by atoms with Gasteiger partial charge in [-0.15, -0.1) is 11.8 Å². The number of hydrogen-bond acceptors (Lipinski definition) is 3. The van der Waals surface area contributed by atoms with Crippen LogP contribution in [0.5, 0.6) is 0 Å². The van der Waals surface area contributed by atoms with Crippen LogP contribution in [0.1, 0.15) is 35.6 Å². The van der Waals surface area contributed by atoms with E-state index in [0.717, 1.165) is 21.9 Å². The summed E-state index contributed by atoms with van der Waals surface area (Å²) in [4.78, 5) is 16.3. The molecule has 2 nitrogen and oxygen atoms in total. The molecule has 2 saturated carbocycles. The van der Waals surface area contributed by atoms with Gasteiger partial charge in [-0.3, -0.25) is 4.79 Å². The first kappa shape index (κ1) is 13.7. The molecule has 5 heteroatoms. The van der Waals surface area contributed by atoms with Crippen LogP contribution in [0.25, 0.3) is 0 Å². The summed E-state index contributed by atoms with van der Waals surface area (Å²) in [6, 6.07) is 8.27. The van der Waals surface area contributed by atoms with E-state index in [1.54, 1.807) is 0 Å². The van der Waals surface area contributed by atoms with Gasteiger partial charge in [0, 0.05) is 21.1 Å². The molecule has 0 radical (unpaired) electrons. The normalized spacial score (nSPS) is 35.4. The SMILES string of the molecule is O=c1[nH]c2c(s1)C(c1ccc(Cl)cc1)C1C3CCC(C3)C1S2. The van der Waals surface area contributed by atoms with Crippen LogP contribution in [0.15, 0.2) is 34.1 Å². The zero-order chi connectivity index (χ0) is 14.8. The minimum Gasteiger partial charge on any atom is -0.307 e. The molecule has 0 spiro atoms. The molecule has 1 aromatic carbocycles. The van der Waals surface area contributed by atoms with Crippen LogP contribution in [-0.4, -0.2) is 10.2 Å². The lowest BCUT2D eigenvalue weighted by molar-refractivity contribution is 0.307. The molecule has 2 aromatic rings. The molecule has 5 unspecified atom stereocenters. The number of benzene rings is 1. The summed E-state index contributed by atoms with van der Waals surface area (Å²) in [5, 5.41) is 2.59. The molecule has 1 N–H and O–H groups in total. The number of nitrogens with one attached hydrogen (secondary N) is 1. The van der Waals surface area contributed by atoms with Crippen LogP contribution >= 0.6 is 34.7 Å². The first-order chi connectivity index (χ1) is 10.7. The van der Waals surface area contributed by atoms with Crippen molar-refractivity contribution in [2.75, 3.05) is 0 Å². The van der Waals surface area contributed by atoms with Gasteiger partial charge in [-0.25, -0.2) is 0 Å². The Morgan fingerprint density at radius 1 is 1.14 bits per heavy atom. The van der Waals surface area contributed by atoms with Crippen LogP contribution in [-0.2, 0) is 0 Å². The third kappa shape index (κ3) is 1.90. The van der Waals surface area contributed by atoms with E-state index in [-0.39, 0.29) is 4.87 Å². The topological polar surface area (TPSA) is 32.9 Å². The third-order valence-corrected chi connectivity index (χ3v) is 8.57. The number of H-pyrrole nitrogens is 1. The van der Waals surface area contributed by atoms with E-state index < -0.39 is 0 Å². The average molecular weight is 350 g/mol. The highest BCUT2D eigenvalue weighted by molar-refractivity contribution is 8.00. The van der Waals surface area contributed by atoms with Gasteiger partial charge < -0.3 is 4.98 Å². The molecule has 0 saturated heterocycles. The van der Waals surface area contributed by atoms with Crippen molar-refractivity contribution in [3.63, 3.8) is 0 Å². The number of rotatable bonds is 1. The Hall–Kier alpha value is -0.710. The zero-order valence-electron chi connectivity index (χ0n) is 11.9. The molecule has 5 rings (SSSR count). The molecule has 2 fully saturated rings. The van der Waals surface area contributed by atoms with Gasteiger partial charge in [0.15, 0.2) is 0 Å². The molecular weight excluding hydrogens is 334 g/mol. The summed E-state index contributed by atoms with van der Waals surface area (Å²) in [7, 11) is 0. The number of aromatic nitrogens is 1. The summed E-state index contributed by atoms with van der Waals surface area (Å²) in [5.41, 5.74) is 1.32. The van der Waals surface area contributed by atoms with E-state index in [2.05, 4.69) is 17.1 Å². The Balaban J connectivity index is 1.68.